The Balaban J connectivity index is 1.52. The highest BCUT2D eigenvalue weighted by atomic mass is 32.1. The number of benzene rings is 1. The van der Waals surface area contributed by atoms with Gasteiger partial charge in [0.1, 0.15) is 0 Å². The van der Waals surface area contributed by atoms with Gasteiger partial charge in [0.05, 0.1) is 6.42 Å². The van der Waals surface area contributed by atoms with Crippen LogP contribution in [0.1, 0.15) is 24.8 Å². The monoisotopic (exact) mass is 279 g/mol. The Labute approximate surface area is 120 Å². The van der Waals surface area contributed by atoms with Crippen molar-refractivity contribution in [3.63, 3.8) is 0 Å². The van der Waals surface area contributed by atoms with E-state index in [1.165, 1.54) is 12.8 Å². The van der Waals surface area contributed by atoms with Crippen LogP contribution in [0.5, 0.6) is 0 Å². The number of hydrogen-bond donors (Lipinski definition) is 2. The van der Waals surface area contributed by atoms with Crippen LogP contribution in [0.15, 0.2) is 29.2 Å². The van der Waals surface area contributed by atoms with Crippen molar-refractivity contribution in [1.29, 1.82) is 0 Å². The molecule has 0 aromatic heterocycles. The molecule has 1 aromatic carbocycles. The molecule has 19 heavy (non-hydrogen) atoms. The molecule has 3 nitrogen and oxygen atoms in total. The summed E-state index contributed by atoms with van der Waals surface area (Å²) in [6, 6.07) is 7.66. The van der Waals surface area contributed by atoms with E-state index in [0.717, 1.165) is 36.0 Å². The second kappa shape index (κ2) is 7.56. The maximum Gasteiger partial charge on any atom is 0.224 e. The van der Waals surface area contributed by atoms with Crippen LogP contribution in [0.2, 0.25) is 0 Å². The van der Waals surface area contributed by atoms with Crippen LogP contribution in [-0.4, -0.2) is 25.7 Å². The number of amides is 1. The van der Waals surface area contributed by atoms with E-state index in [1.54, 1.807) is 0 Å². The van der Waals surface area contributed by atoms with Gasteiger partial charge in [-0.05, 0) is 42.9 Å². The van der Waals surface area contributed by atoms with Crippen LogP contribution in [0.25, 0.3) is 0 Å². The first kappa shape index (κ1) is 14.4. The molecule has 0 saturated heterocycles. The number of nitrogens with one attached hydrogen (secondary N) is 1. The number of ether oxygens (including phenoxy) is 1. The Kier molecular flexibility index (Phi) is 5.73. The molecule has 1 fully saturated rings. The summed E-state index contributed by atoms with van der Waals surface area (Å²) in [5, 5.41) is 2.91. The highest BCUT2D eigenvalue weighted by Crippen LogP contribution is 2.28. The topological polar surface area (TPSA) is 38.3 Å². The van der Waals surface area contributed by atoms with Gasteiger partial charge in [-0.25, -0.2) is 0 Å². The van der Waals surface area contributed by atoms with Crippen molar-refractivity contribution in [2.45, 2.75) is 30.6 Å². The lowest BCUT2D eigenvalue weighted by Crippen LogP contribution is -2.26. The lowest BCUT2D eigenvalue weighted by atomic mass is 10.1. The third kappa shape index (κ3) is 6.12. The minimum Gasteiger partial charge on any atom is -0.381 e. The van der Waals surface area contributed by atoms with E-state index in [-0.39, 0.29) is 5.91 Å². The predicted molar refractivity (Wildman–Crippen MR) is 78.6 cm³/mol. The van der Waals surface area contributed by atoms with E-state index in [1.807, 2.05) is 24.3 Å². The molecule has 0 unspecified atom stereocenters. The van der Waals surface area contributed by atoms with Gasteiger partial charge in [-0.15, -0.1) is 12.6 Å². The first-order chi connectivity index (χ1) is 9.24. The van der Waals surface area contributed by atoms with Crippen LogP contribution < -0.4 is 5.32 Å². The van der Waals surface area contributed by atoms with Gasteiger partial charge in [0.2, 0.25) is 5.91 Å². The van der Waals surface area contributed by atoms with Crippen LogP contribution in [-0.2, 0) is 16.0 Å². The van der Waals surface area contributed by atoms with E-state index in [4.69, 9.17) is 4.74 Å². The largest absolute Gasteiger partial charge is 0.381 e. The molecule has 0 heterocycles. The van der Waals surface area contributed by atoms with Crippen molar-refractivity contribution >= 4 is 18.5 Å². The van der Waals surface area contributed by atoms with Crippen LogP contribution in [0.3, 0.4) is 0 Å². The van der Waals surface area contributed by atoms with Crippen molar-refractivity contribution < 1.29 is 9.53 Å². The Hall–Kier alpha value is -1.00. The molecule has 1 N–H and O–H groups in total. The van der Waals surface area contributed by atoms with Crippen LogP contribution in [0, 0.1) is 5.92 Å². The van der Waals surface area contributed by atoms with Gasteiger partial charge >= 0.3 is 0 Å². The zero-order chi connectivity index (χ0) is 13.5. The molecular weight excluding hydrogens is 258 g/mol. The highest BCUT2D eigenvalue weighted by molar-refractivity contribution is 7.80. The van der Waals surface area contributed by atoms with E-state index >= 15 is 0 Å². The fourth-order valence-electron chi connectivity index (χ4n) is 1.80. The van der Waals surface area contributed by atoms with Gasteiger partial charge in [0.15, 0.2) is 0 Å². The first-order valence-electron chi connectivity index (χ1n) is 6.86. The maximum atomic E-state index is 11.7. The molecule has 0 spiro atoms. The maximum absolute atomic E-state index is 11.7. The fourth-order valence-corrected chi connectivity index (χ4v) is 1.95. The minimum atomic E-state index is 0.0640. The summed E-state index contributed by atoms with van der Waals surface area (Å²) >= 11 is 4.22. The lowest BCUT2D eigenvalue weighted by Gasteiger charge is -2.06. The van der Waals surface area contributed by atoms with Crippen molar-refractivity contribution in [2.24, 2.45) is 5.92 Å². The van der Waals surface area contributed by atoms with E-state index in [0.29, 0.717) is 13.0 Å². The molecule has 1 aliphatic carbocycles. The Bertz CT molecular complexity index is 401. The Morgan fingerprint density at radius 3 is 2.74 bits per heavy atom. The van der Waals surface area contributed by atoms with Gasteiger partial charge in [0.25, 0.3) is 0 Å². The summed E-state index contributed by atoms with van der Waals surface area (Å²) in [5.41, 5.74) is 1.01. The normalized spacial score (nSPS) is 14.4. The first-order valence-corrected chi connectivity index (χ1v) is 7.31. The Morgan fingerprint density at radius 1 is 1.32 bits per heavy atom. The zero-order valence-corrected chi connectivity index (χ0v) is 12.0. The van der Waals surface area contributed by atoms with Crippen LogP contribution >= 0.6 is 12.6 Å². The molecule has 0 atom stereocenters. The molecule has 104 valence electrons. The number of rotatable bonds is 8. The third-order valence-electron chi connectivity index (χ3n) is 3.14. The summed E-state index contributed by atoms with van der Waals surface area (Å²) in [7, 11) is 0. The molecular formula is C15H21NO2S. The van der Waals surface area contributed by atoms with Gasteiger partial charge in [-0.2, -0.15) is 0 Å². The summed E-state index contributed by atoms with van der Waals surface area (Å²) in [6.07, 6.45) is 3.95. The van der Waals surface area contributed by atoms with Crippen molar-refractivity contribution in [3.05, 3.63) is 29.8 Å². The number of thiol groups is 1. The highest BCUT2D eigenvalue weighted by Gasteiger charge is 2.20. The van der Waals surface area contributed by atoms with Gasteiger partial charge in [0, 0.05) is 24.7 Å². The van der Waals surface area contributed by atoms with E-state index in [9.17, 15) is 4.79 Å². The van der Waals surface area contributed by atoms with E-state index in [2.05, 4.69) is 17.9 Å². The third-order valence-corrected chi connectivity index (χ3v) is 3.44. The average Bonchev–Trinajstić information content (AvgIpc) is 3.20. The Morgan fingerprint density at radius 2 is 2.05 bits per heavy atom. The molecule has 4 heteroatoms. The summed E-state index contributed by atoms with van der Waals surface area (Å²) < 4.78 is 5.51. The SMILES string of the molecule is O=C(Cc1ccc(S)cc1)NCCCOCC1CC1. The molecule has 2 rings (SSSR count). The second-order valence-electron chi connectivity index (χ2n) is 5.07. The summed E-state index contributed by atoms with van der Waals surface area (Å²) in [6.45, 7) is 2.32. The molecule has 1 amide bonds. The molecule has 1 saturated carbocycles. The molecule has 0 aliphatic heterocycles. The van der Waals surface area contributed by atoms with Gasteiger partial charge < -0.3 is 10.1 Å². The molecule has 0 radical (unpaired) electrons. The van der Waals surface area contributed by atoms with Crippen molar-refractivity contribution in [2.75, 3.05) is 19.8 Å². The fraction of sp³-hybridized carbons (Fsp3) is 0.533. The number of hydrogen-bond acceptors (Lipinski definition) is 3. The average molecular weight is 279 g/mol. The van der Waals surface area contributed by atoms with Gasteiger partial charge in [-0.3, -0.25) is 4.79 Å². The number of carbonyl (C=O) groups excluding carboxylic acids is 1. The van der Waals surface area contributed by atoms with Crippen LogP contribution in [0.4, 0.5) is 0 Å². The summed E-state index contributed by atoms with van der Waals surface area (Å²) in [4.78, 5) is 12.6. The van der Waals surface area contributed by atoms with E-state index < -0.39 is 0 Å². The predicted octanol–water partition coefficient (Wildman–Crippen LogP) is 2.45. The standard InChI is InChI=1S/C15H21NO2S/c17-15(10-12-4-6-14(19)7-5-12)16-8-1-9-18-11-13-2-3-13/h4-7,13,19H,1-3,8-11H2,(H,16,17). The van der Waals surface area contributed by atoms with Gasteiger partial charge in [-0.1, -0.05) is 12.1 Å². The zero-order valence-electron chi connectivity index (χ0n) is 11.1. The molecule has 0 bridgehead atoms. The van der Waals surface area contributed by atoms with Crippen molar-refractivity contribution in [3.8, 4) is 0 Å². The second-order valence-corrected chi connectivity index (χ2v) is 5.58. The summed E-state index contributed by atoms with van der Waals surface area (Å²) in [5.74, 6) is 0.874. The quantitative estimate of drug-likeness (QED) is 0.567. The smallest absolute Gasteiger partial charge is 0.224 e. The molecule has 1 aromatic rings. The minimum absolute atomic E-state index is 0.0640. The lowest BCUT2D eigenvalue weighted by molar-refractivity contribution is -0.120. The molecule has 1 aliphatic rings. The van der Waals surface area contributed by atoms with Crippen molar-refractivity contribution in [1.82, 2.24) is 5.32 Å². The number of carbonyl (C=O) groups is 1.